The third-order valence-electron chi connectivity index (χ3n) is 4.34. The first-order valence-electron chi connectivity index (χ1n) is 8.80. The molecule has 23 heavy (non-hydrogen) atoms. The van der Waals surface area contributed by atoms with Gasteiger partial charge in [0.05, 0.1) is 13.7 Å². The molecule has 1 fully saturated rings. The van der Waals surface area contributed by atoms with Crippen LogP contribution in [0.15, 0.2) is 18.2 Å². The predicted molar refractivity (Wildman–Crippen MR) is 91.9 cm³/mol. The third-order valence-corrected chi connectivity index (χ3v) is 4.34. The minimum atomic E-state index is 0.0105. The van der Waals surface area contributed by atoms with Crippen LogP contribution in [0.25, 0.3) is 0 Å². The van der Waals surface area contributed by atoms with E-state index in [9.17, 15) is 4.79 Å². The summed E-state index contributed by atoms with van der Waals surface area (Å²) in [6.45, 7) is 3.26. The van der Waals surface area contributed by atoms with Gasteiger partial charge in [-0.25, -0.2) is 0 Å². The minimum absolute atomic E-state index is 0.0105. The maximum atomic E-state index is 12.5. The molecule has 0 atom stereocenters. The topological polar surface area (TPSA) is 47.6 Å². The highest BCUT2D eigenvalue weighted by Crippen LogP contribution is 2.22. The Morgan fingerprint density at radius 2 is 1.96 bits per heavy atom. The Morgan fingerprint density at radius 3 is 2.61 bits per heavy atom. The molecule has 1 aliphatic rings. The number of carbonyl (C=O) groups is 1. The van der Waals surface area contributed by atoms with Crippen LogP contribution in [0.4, 0.5) is 0 Å². The lowest BCUT2D eigenvalue weighted by molar-refractivity contribution is 0.0932. The molecule has 1 N–H and O–H groups in total. The second-order valence-corrected chi connectivity index (χ2v) is 6.24. The summed E-state index contributed by atoms with van der Waals surface area (Å²) >= 11 is 0. The van der Waals surface area contributed by atoms with Gasteiger partial charge < -0.3 is 14.8 Å². The lowest BCUT2D eigenvalue weighted by atomic mass is 10.1. The molecule has 1 saturated carbocycles. The van der Waals surface area contributed by atoms with Gasteiger partial charge in [0.15, 0.2) is 0 Å². The van der Waals surface area contributed by atoms with Crippen molar-refractivity contribution >= 4 is 5.91 Å². The van der Waals surface area contributed by atoms with E-state index in [0.717, 1.165) is 30.6 Å². The number of ether oxygens (including phenoxy) is 2. The lowest BCUT2D eigenvalue weighted by Gasteiger charge is -2.17. The number of rotatable bonds is 7. The van der Waals surface area contributed by atoms with Crippen molar-refractivity contribution in [1.29, 1.82) is 0 Å². The average molecular weight is 319 g/mol. The van der Waals surface area contributed by atoms with Crippen LogP contribution in [0.2, 0.25) is 0 Å². The van der Waals surface area contributed by atoms with E-state index >= 15 is 0 Å². The van der Waals surface area contributed by atoms with E-state index < -0.39 is 0 Å². The summed E-state index contributed by atoms with van der Waals surface area (Å²) in [7, 11) is 1.64. The molecule has 0 bridgehead atoms. The van der Waals surface area contributed by atoms with Gasteiger partial charge in [0.2, 0.25) is 0 Å². The van der Waals surface area contributed by atoms with Crippen molar-refractivity contribution in [2.75, 3.05) is 13.7 Å². The molecule has 0 radical (unpaired) electrons. The Labute approximate surface area is 139 Å². The van der Waals surface area contributed by atoms with Gasteiger partial charge in [0.25, 0.3) is 5.91 Å². The fourth-order valence-corrected chi connectivity index (χ4v) is 3.05. The lowest BCUT2D eigenvalue weighted by Crippen LogP contribution is -2.34. The van der Waals surface area contributed by atoms with Gasteiger partial charge in [-0.05, 0) is 37.5 Å². The second kappa shape index (κ2) is 9.56. The monoisotopic (exact) mass is 319 g/mol. The molecule has 128 valence electrons. The maximum Gasteiger partial charge on any atom is 0.251 e. The number of hydrogen-bond acceptors (Lipinski definition) is 3. The van der Waals surface area contributed by atoms with Gasteiger partial charge >= 0.3 is 0 Å². The Morgan fingerprint density at radius 1 is 1.22 bits per heavy atom. The number of hydrogen-bond donors (Lipinski definition) is 1. The van der Waals surface area contributed by atoms with E-state index in [4.69, 9.17) is 9.47 Å². The number of benzene rings is 1. The highest BCUT2D eigenvalue weighted by atomic mass is 16.5. The van der Waals surface area contributed by atoms with Gasteiger partial charge in [-0.15, -0.1) is 0 Å². The summed E-state index contributed by atoms with van der Waals surface area (Å²) in [5.41, 5.74) is 1.61. The summed E-state index contributed by atoms with van der Waals surface area (Å²) in [6, 6.07) is 5.88. The molecule has 0 saturated heterocycles. The van der Waals surface area contributed by atoms with Crippen LogP contribution >= 0.6 is 0 Å². The van der Waals surface area contributed by atoms with Crippen molar-refractivity contribution in [3.63, 3.8) is 0 Å². The molecule has 1 aromatic carbocycles. The zero-order chi connectivity index (χ0) is 16.5. The van der Waals surface area contributed by atoms with Crippen LogP contribution in [-0.4, -0.2) is 25.7 Å². The molecule has 4 heteroatoms. The summed E-state index contributed by atoms with van der Waals surface area (Å²) in [5.74, 6) is 0.781. The molecular formula is C19H29NO3. The summed E-state index contributed by atoms with van der Waals surface area (Å²) < 4.78 is 11.0. The first-order valence-corrected chi connectivity index (χ1v) is 8.80. The van der Waals surface area contributed by atoms with Gasteiger partial charge in [-0.3, -0.25) is 4.79 Å². The van der Waals surface area contributed by atoms with E-state index in [1.807, 2.05) is 18.2 Å². The Kier molecular flexibility index (Phi) is 7.40. The normalized spacial score (nSPS) is 15.9. The average Bonchev–Trinajstić information content (AvgIpc) is 2.83. The van der Waals surface area contributed by atoms with E-state index in [1.165, 1.54) is 25.7 Å². The largest absolute Gasteiger partial charge is 0.496 e. The smallest absolute Gasteiger partial charge is 0.251 e. The van der Waals surface area contributed by atoms with Crippen molar-refractivity contribution in [2.45, 2.75) is 64.5 Å². The highest BCUT2D eigenvalue weighted by molar-refractivity contribution is 5.94. The van der Waals surface area contributed by atoms with Crippen LogP contribution in [-0.2, 0) is 11.3 Å². The molecule has 0 unspecified atom stereocenters. The molecule has 0 spiro atoms. The fourth-order valence-electron chi connectivity index (χ4n) is 3.05. The molecule has 1 amide bonds. The molecule has 4 nitrogen and oxygen atoms in total. The Hall–Kier alpha value is -1.55. The predicted octanol–water partition coefficient (Wildman–Crippen LogP) is 4.07. The molecular weight excluding hydrogens is 290 g/mol. The van der Waals surface area contributed by atoms with Gasteiger partial charge in [-0.1, -0.05) is 32.6 Å². The summed E-state index contributed by atoms with van der Waals surface area (Å²) in [5, 5.41) is 3.19. The van der Waals surface area contributed by atoms with E-state index in [0.29, 0.717) is 24.8 Å². The third kappa shape index (κ3) is 5.54. The van der Waals surface area contributed by atoms with Crippen LogP contribution in [0.3, 0.4) is 0 Å². The van der Waals surface area contributed by atoms with Crippen LogP contribution in [0.1, 0.15) is 67.8 Å². The van der Waals surface area contributed by atoms with E-state index in [1.54, 1.807) is 7.11 Å². The first kappa shape index (κ1) is 17.8. The van der Waals surface area contributed by atoms with Crippen molar-refractivity contribution in [1.82, 2.24) is 5.32 Å². The quantitative estimate of drug-likeness (QED) is 0.608. The molecule has 2 rings (SSSR count). The number of nitrogens with one attached hydrogen (secondary N) is 1. The summed E-state index contributed by atoms with van der Waals surface area (Å²) in [4.78, 5) is 12.5. The van der Waals surface area contributed by atoms with Crippen molar-refractivity contribution < 1.29 is 14.3 Å². The Balaban J connectivity index is 2.02. The maximum absolute atomic E-state index is 12.5. The van der Waals surface area contributed by atoms with Crippen LogP contribution in [0.5, 0.6) is 5.75 Å². The first-order chi connectivity index (χ1) is 11.2. The molecule has 0 aromatic heterocycles. The fraction of sp³-hybridized carbons (Fsp3) is 0.632. The minimum Gasteiger partial charge on any atom is -0.496 e. The van der Waals surface area contributed by atoms with Crippen molar-refractivity contribution in [3.8, 4) is 5.75 Å². The van der Waals surface area contributed by atoms with E-state index in [2.05, 4.69) is 12.2 Å². The standard InChI is InChI=1S/C19H29NO3/c1-3-12-23-14-16-13-15(10-11-18(16)22-2)19(21)20-17-8-6-4-5-7-9-17/h10-11,13,17H,3-9,12,14H2,1-2H3,(H,20,21). The second-order valence-electron chi connectivity index (χ2n) is 6.24. The van der Waals surface area contributed by atoms with Crippen LogP contribution in [0, 0.1) is 0 Å². The van der Waals surface area contributed by atoms with Gasteiger partial charge in [0, 0.05) is 23.8 Å². The molecule has 0 heterocycles. The SMILES string of the molecule is CCCOCc1cc(C(=O)NC2CCCCCC2)ccc1OC. The molecule has 1 aliphatic carbocycles. The van der Waals surface area contributed by atoms with Crippen molar-refractivity contribution in [2.24, 2.45) is 0 Å². The van der Waals surface area contributed by atoms with E-state index in [-0.39, 0.29) is 5.91 Å². The highest BCUT2D eigenvalue weighted by Gasteiger charge is 2.17. The number of amides is 1. The van der Waals surface area contributed by atoms with Crippen molar-refractivity contribution in [3.05, 3.63) is 29.3 Å². The number of carbonyl (C=O) groups excluding carboxylic acids is 1. The zero-order valence-electron chi connectivity index (χ0n) is 14.4. The summed E-state index contributed by atoms with van der Waals surface area (Å²) in [6.07, 6.45) is 8.15. The number of methoxy groups -OCH3 is 1. The van der Waals surface area contributed by atoms with Crippen LogP contribution < -0.4 is 10.1 Å². The van der Waals surface area contributed by atoms with Gasteiger partial charge in [0.1, 0.15) is 5.75 Å². The molecule has 1 aromatic rings. The zero-order valence-corrected chi connectivity index (χ0v) is 14.4. The Bertz CT molecular complexity index is 493. The van der Waals surface area contributed by atoms with Gasteiger partial charge in [-0.2, -0.15) is 0 Å². The molecule has 0 aliphatic heterocycles.